The monoisotopic (exact) mass is 363 g/mol. The third kappa shape index (κ3) is 2.92. The van der Waals surface area contributed by atoms with Crippen LogP contribution in [0.5, 0.6) is 0 Å². The molecule has 4 heteroatoms. The Morgan fingerprint density at radius 3 is 2.36 bits per heavy atom. The molecule has 0 aliphatic heterocycles. The minimum atomic E-state index is -0.377. The van der Waals surface area contributed by atoms with Gasteiger partial charge in [-0.05, 0) is 24.5 Å². The molecule has 0 heterocycles. The van der Waals surface area contributed by atoms with E-state index < -0.39 is 0 Å². The molecular formula is C24H17N3O. The van der Waals surface area contributed by atoms with E-state index in [0.29, 0.717) is 11.1 Å². The first kappa shape index (κ1) is 17.5. The maximum atomic E-state index is 12.7. The van der Waals surface area contributed by atoms with Crippen molar-refractivity contribution in [1.82, 2.24) is 0 Å². The molecule has 4 nitrogen and oxygen atoms in total. The van der Waals surface area contributed by atoms with E-state index in [1.54, 1.807) is 6.07 Å². The molecule has 134 valence electrons. The van der Waals surface area contributed by atoms with Gasteiger partial charge in [-0.25, -0.2) is 0 Å². The molecule has 0 spiro atoms. The van der Waals surface area contributed by atoms with Crippen LogP contribution in [0.25, 0.3) is 16.3 Å². The lowest BCUT2D eigenvalue weighted by molar-refractivity contribution is 0.104. The Bertz CT molecular complexity index is 1190. The number of allylic oxidation sites excluding steroid dienone is 2. The van der Waals surface area contributed by atoms with Crippen LogP contribution in [0.1, 0.15) is 27.9 Å². The first-order valence-corrected chi connectivity index (χ1v) is 9.17. The molecular weight excluding hydrogens is 346 g/mol. The van der Waals surface area contributed by atoms with Crippen molar-refractivity contribution in [3.05, 3.63) is 82.9 Å². The van der Waals surface area contributed by atoms with Gasteiger partial charge >= 0.3 is 0 Å². The highest BCUT2D eigenvalue weighted by molar-refractivity contribution is 6.28. The van der Waals surface area contributed by atoms with Crippen molar-refractivity contribution in [1.29, 1.82) is 10.5 Å². The van der Waals surface area contributed by atoms with Crippen molar-refractivity contribution in [3.63, 3.8) is 0 Å². The standard InChI is InChI=1S/C24H17N3O/c25-14-20-17-11-12-22(27-13-5-8-16-6-2-1-3-7-16)18-9-4-10-19(23(17)18)24(28)21(20)15-26/h1-4,6-7,9-12,27H,5,8,13H2. The number of nitriles is 2. The Morgan fingerprint density at radius 2 is 1.61 bits per heavy atom. The van der Waals surface area contributed by atoms with E-state index in [-0.39, 0.29) is 16.9 Å². The number of benzene rings is 3. The van der Waals surface area contributed by atoms with Crippen LogP contribution in [-0.2, 0) is 6.42 Å². The molecule has 0 atom stereocenters. The summed E-state index contributed by atoms with van der Waals surface area (Å²) in [5.41, 5.74) is 3.45. The summed E-state index contributed by atoms with van der Waals surface area (Å²) in [7, 11) is 0. The van der Waals surface area contributed by atoms with E-state index in [1.165, 1.54) is 5.56 Å². The van der Waals surface area contributed by atoms with E-state index >= 15 is 0 Å². The summed E-state index contributed by atoms with van der Waals surface area (Å²) in [5.74, 6) is -0.377. The number of hydrogen-bond donors (Lipinski definition) is 1. The normalized spacial score (nSPS) is 12.6. The average Bonchev–Trinajstić information content (AvgIpc) is 2.74. The molecule has 0 aromatic heterocycles. The number of ketones is 1. The summed E-state index contributed by atoms with van der Waals surface area (Å²) >= 11 is 0. The van der Waals surface area contributed by atoms with Crippen molar-refractivity contribution in [2.75, 3.05) is 11.9 Å². The molecule has 1 aliphatic rings. The first-order valence-electron chi connectivity index (χ1n) is 9.17. The lowest BCUT2D eigenvalue weighted by Crippen LogP contribution is -2.12. The van der Waals surface area contributed by atoms with Crippen LogP contribution in [0.2, 0.25) is 0 Å². The van der Waals surface area contributed by atoms with Crippen molar-refractivity contribution in [2.24, 2.45) is 0 Å². The summed E-state index contributed by atoms with van der Waals surface area (Å²) in [6.07, 6.45) is 1.97. The molecule has 0 saturated carbocycles. The van der Waals surface area contributed by atoms with Crippen molar-refractivity contribution in [2.45, 2.75) is 12.8 Å². The van der Waals surface area contributed by atoms with Gasteiger partial charge in [-0.3, -0.25) is 4.79 Å². The number of nitrogens with one attached hydrogen (secondary N) is 1. The largest absolute Gasteiger partial charge is 0.385 e. The Labute approximate surface area is 163 Å². The van der Waals surface area contributed by atoms with Gasteiger partial charge in [0.1, 0.15) is 17.7 Å². The Kier molecular flexibility index (Phi) is 4.62. The summed E-state index contributed by atoms with van der Waals surface area (Å²) in [6.45, 7) is 0.798. The van der Waals surface area contributed by atoms with Gasteiger partial charge in [-0.1, -0.05) is 54.6 Å². The maximum absolute atomic E-state index is 12.7. The predicted octanol–water partition coefficient (Wildman–Crippen LogP) is 4.88. The number of nitrogens with zero attached hydrogens (tertiary/aromatic N) is 2. The van der Waals surface area contributed by atoms with Gasteiger partial charge in [0.05, 0.1) is 5.57 Å². The van der Waals surface area contributed by atoms with Crippen LogP contribution < -0.4 is 5.32 Å². The highest BCUT2D eigenvalue weighted by Gasteiger charge is 2.28. The minimum absolute atomic E-state index is 0.0777. The van der Waals surface area contributed by atoms with Crippen LogP contribution in [-0.4, -0.2) is 12.3 Å². The number of anilines is 1. The quantitative estimate of drug-likeness (QED) is 0.655. The number of aryl methyl sites for hydroxylation is 1. The Balaban J connectivity index is 1.65. The molecule has 4 rings (SSSR count). The SMILES string of the molecule is N#CC1=C(C#N)c2ccc(NCCCc3ccccc3)c3cccc(c23)C1=O. The van der Waals surface area contributed by atoms with Crippen LogP contribution in [0.3, 0.4) is 0 Å². The highest BCUT2D eigenvalue weighted by Crippen LogP contribution is 2.38. The summed E-state index contributed by atoms with van der Waals surface area (Å²) in [4.78, 5) is 12.7. The molecule has 1 N–H and O–H groups in total. The van der Waals surface area contributed by atoms with Crippen molar-refractivity contribution < 1.29 is 4.79 Å². The second kappa shape index (κ2) is 7.39. The van der Waals surface area contributed by atoms with Crippen molar-refractivity contribution >= 4 is 27.8 Å². The minimum Gasteiger partial charge on any atom is -0.385 e. The third-order valence-corrected chi connectivity index (χ3v) is 5.06. The fourth-order valence-electron chi connectivity index (χ4n) is 3.72. The molecule has 1 aliphatic carbocycles. The van der Waals surface area contributed by atoms with Crippen LogP contribution in [0.15, 0.2) is 66.2 Å². The van der Waals surface area contributed by atoms with Crippen molar-refractivity contribution in [3.8, 4) is 12.1 Å². The smallest absolute Gasteiger partial charge is 0.205 e. The third-order valence-electron chi connectivity index (χ3n) is 5.06. The first-order chi connectivity index (χ1) is 13.7. The van der Waals surface area contributed by atoms with Gasteiger partial charge in [0.2, 0.25) is 5.78 Å². The molecule has 0 amide bonds. The zero-order chi connectivity index (χ0) is 19.5. The highest BCUT2D eigenvalue weighted by atomic mass is 16.1. The zero-order valence-electron chi connectivity index (χ0n) is 15.2. The Morgan fingerprint density at radius 1 is 0.821 bits per heavy atom. The lowest BCUT2D eigenvalue weighted by Gasteiger charge is -2.19. The van der Waals surface area contributed by atoms with E-state index in [2.05, 4.69) is 17.4 Å². The average molecular weight is 363 g/mol. The fourth-order valence-corrected chi connectivity index (χ4v) is 3.72. The summed E-state index contributed by atoms with van der Waals surface area (Å²) in [5, 5.41) is 24.0. The number of carbonyl (C=O) groups excluding carboxylic acids is 1. The second-order valence-corrected chi connectivity index (χ2v) is 6.71. The van der Waals surface area contributed by atoms with Gasteiger partial charge in [-0.15, -0.1) is 0 Å². The van der Waals surface area contributed by atoms with Gasteiger partial charge < -0.3 is 5.32 Å². The maximum Gasteiger partial charge on any atom is 0.205 e. The molecule has 3 aromatic carbocycles. The van der Waals surface area contributed by atoms with E-state index in [1.807, 2.05) is 54.6 Å². The second-order valence-electron chi connectivity index (χ2n) is 6.71. The predicted molar refractivity (Wildman–Crippen MR) is 110 cm³/mol. The van der Waals surface area contributed by atoms with E-state index in [0.717, 1.165) is 35.8 Å². The molecule has 0 saturated heterocycles. The number of hydrogen-bond acceptors (Lipinski definition) is 4. The molecule has 28 heavy (non-hydrogen) atoms. The van der Waals surface area contributed by atoms with Gasteiger partial charge in [0.25, 0.3) is 0 Å². The number of rotatable bonds is 5. The molecule has 3 aromatic rings. The Hall–Kier alpha value is -3.89. The van der Waals surface area contributed by atoms with Crippen LogP contribution in [0, 0.1) is 22.7 Å². The molecule has 0 radical (unpaired) electrons. The fraction of sp³-hybridized carbons (Fsp3) is 0.125. The lowest BCUT2D eigenvalue weighted by atomic mass is 9.83. The van der Waals surface area contributed by atoms with E-state index in [9.17, 15) is 15.3 Å². The number of Topliss-reactive ketones (excluding diaryl/α,β-unsaturated/α-hetero) is 1. The van der Waals surface area contributed by atoms with Crippen LogP contribution in [0.4, 0.5) is 5.69 Å². The van der Waals surface area contributed by atoms with Gasteiger partial charge in [0, 0.05) is 34.1 Å². The molecule has 0 bridgehead atoms. The summed E-state index contributed by atoms with van der Waals surface area (Å²) < 4.78 is 0. The number of carbonyl (C=O) groups is 1. The van der Waals surface area contributed by atoms with Gasteiger partial charge in [0.15, 0.2) is 0 Å². The zero-order valence-corrected chi connectivity index (χ0v) is 15.2. The van der Waals surface area contributed by atoms with Gasteiger partial charge in [-0.2, -0.15) is 10.5 Å². The van der Waals surface area contributed by atoms with E-state index in [4.69, 9.17) is 0 Å². The van der Waals surface area contributed by atoms with Crippen LogP contribution >= 0.6 is 0 Å². The molecule has 0 unspecified atom stereocenters. The summed E-state index contributed by atoms with van der Waals surface area (Å²) in [6, 6.07) is 23.5. The molecule has 0 fully saturated rings. The topological polar surface area (TPSA) is 76.7 Å².